The molecule has 4 rings (SSSR count). The van der Waals surface area contributed by atoms with Gasteiger partial charge in [-0.15, -0.1) is 5.10 Å². The molecule has 6 nitrogen and oxygen atoms in total. The number of ether oxygens (including phenoxy) is 1. The van der Waals surface area contributed by atoms with Gasteiger partial charge in [0.1, 0.15) is 5.82 Å². The second-order valence-electron chi connectivity index (χ2n) is 5.57. The smallest absolute Gasteiger partial charge is 0.337 e. The van der Waals surface area contributed by atoms with E-state index in [1.807, 2.05) is 19.1 Å². The van der Waals surface area contributed by atoms with Crippen LogP contribution in [0.15, 0.2) is 53.3 Å². The van der Waals surface area contributed by atoms with Crippen LogP contribution in [0.5, 0.6) is 6.01 Å². The molecule has 2 aromatic heterocycles. The Hall–Kier alpha value is -3.22. The summed E-state index contributed by atoms with van der Waals surface area (Å²) in [6.07, 6.45) is 0. The molecule has 7 heteroatoms. The van der Waals surface area contributed by atoms with Crippen molar-refractivity contribution in [2.75, 3.05) is 6.61 Å². The average molecular weight is 338 g/mol. The van der Waals surface area contributed by atoms with Gasteiger partial charge in [-0.3, -0.25) is 9.36 Å². The molecule has 0 saturated carbocycles. The molecule has 4 aromatic rings. The summed E-state index contributed by atoms with van der Waals surface area (Å²) < 4.78 is 21.7. The minimum absolute atomic E-state index is 0.178. The maximum Gasteiger partial charge on any atom is 0.337 e. The van der Waals surface area contributed by atoms with Crippen LogP contribution in [0.25, 0.3) is 16.7 Å². The Kier molecular flexibility index (Phi) is 3.68. The third kappa shape index (κ3) is 2.63. The zero-order valence-electron chi connectivity index (χ0n) is 13.5. The summed E-state index contributed by atoms with van der Waals surface area (Å²) >= 11 is 0. The molecule has 0 unspecified atom stereocenters. The minimum Gasteiger partial charge on any atom is -0.463 e. The van der Waals surface area contributed by atoms with Crippen LogP contribution < -0.4 is 10.3 Å². The van der Waals surface area contributed by atoms with E-state index in [0.29, 0.717) is 23.3 Å². The molecule has 2 heterocycles. The molecule has 126 valence electrons. The van der Waals surface area contributed by atoms with Crippen LogP contribution in [-0.2, 0) is 6.54 Å². The van der Waals surface area contributed by atoms with Crippen LogP contribution >= 0.6 is 0 Å². The Morgan fingerprint density at radius 2 is 1.88 bits per heavy atom. The molecule has 0 aliphatic carbocycles. The van der Waals surface area contributed by atoms with Crippen LogP contribution in [0.4, 0.5) is 4.39 Å². The van der Waals surface area contributed by atoms with Crippen molar-refractivity contribution >= 4 is 16.7 Å². The van der Waals surface area contributed by atoms with Crippen LogP contribution in [0.3, 0.4) is 0 Å². The van der Waals surface area contributed by atoms with E-state index >= 15 is 0 Å². The van der Waals surface area contributed by atoms with E-state index in [4.69, 9.17) is 4.74 Å². The topological polar surface area (TPSA) is 61.4 Å². The number of hydrogen-bond acceptors (Lipinski definition) is 4. The first kappa shape index (κ1) is 15.3. The van der Waals surface area contributed by atoms with Crippen molar-refractivity contribution in [3.05, 3.63) is 70.3 Å². The Labute approximate surface area is 142 Å². The third-order valence-electron chi connectivity index (χ3n) is 3.95. The van der Waals surface area contributed by atoms with Gasteiger partial charge in [0.25, 0.3) is 5.56 Å². The highest BCUT2D eigenvalue weighted by Gasteiger charge is 2.15. The van der Waals surface area contributed by atoms with Crippen molar-refractivity contribution in [2.24, 2.45) is 0 Å². The lowest BCUT2D eigenvalue weighted by molar-refractivity contribution is 0.313. The molecule has 0 atom stereocenters. The highest BCUT2D eigenvalue weighted by Crippen LogP contribution is 2.16. The Bertz CT molecular complexity index is 1120. The fourth-order valence-electron chi connectivity index (χ4n) is 2.80. The van der Waals surface area contributed by atoms with Gasteiger partial charge in [0.15, 0.2) is 0 Å². The number of nitrogens with zero attached hydrogens (tertiary/aromatic N) is 4. The predicted octanol–water partition coefficient (Wildman–Crippen LogP) is 2.63. The maximum atomic E-state index is 13.1. The molecular weight excluding hydrogens is 323 g/mol. The number of halogens is 1. The molecule has 0 fully saturated rings. The lowest BCUT2D eigenvalue weighted by Crippen LogP contribution is -2.24. The highest BCUT2D eigenvalue weighted by molar-refractivity contribution is 5.79. The normalized spacial score (nSPS) is 11.3. The van der Waals surface area contributed by atoms with Gasteiger partial charge in [-0.2, -0.15) is 9.50 Å². The first-order chi connectivity index (χ1) is 12.2. The summed E-state index contributed by atoms with van der Waals surface area (Å²) in [6, 6.07) is 13.5. The van der Waals surface area contributed by atoms with Gasteiger partial charge in [-0.05, 0) is 36.8 Å². The molecule has 0 spiro atoms. The second-order valence-corrected chi connectivity index (χ2v) is 5.57. The van der Waals surface area contributed by atoms with E-state index in [0.717, 1.165) is 5.56 Å². The Morgan fingerprint density at radius 1 is 1.12 bits per heavy atom. The fourth-order valence-corrected chi connectivity index (χ4v) is 2.80. The van der Waals surface area contributed by atoms with E-state index in [2.05, 4.69) is 10.1 Å². The van der Waals surface area contributed by atoms with E-state index in [1.54, 1.807) is 28.8 Å². The molecule has 0 N–H and O–H groups in total. The standard InChI is InChI=1S/C18H15FN4O2/c1-2-25-17-20-18-22(11-12-7-9-13(19)10-8-12)16(24)14-5-3-4-6-15(14)23(18)21-17/h3-10H,2,11H2,1H3. The first-order valence-electron chi connectivity index (χ1n) is 7.93. The van der Waals surface area contributed by atoms with Crippen molar-refractivity contribution in [2.45, 2.75) is 13.5 Å². The highest BCUT2D eigenvalue weighted by atomic mass is 19.1. The number of fused-ring (bicyclic) bond motifs is 3. The van der Waals surface area contributed by atoms with Crippen LogP contribution in [0.1, 0.15) is 12.5 Å². The van der Waals surface area contributed by atoms with Gasteiger partial charge in [-0.1, -0.05) is 24.3 Å². The second kappa shape index (κ2) is 6.01. The first-order valence-corrected chi connectivity index (χ1v) is 7.93. The van der Waals surface area contributed by atoms with E-state index < -0.39 is 0 Å². The summed E-state index contributed by atoms with van der Waals surface area (Å²) in [5.74, 6) is 0.0670. The number of benzene rings is 2. The quantitative estimate of drug-likeness (QED) is 0.574. The predicted molar refractivity (Wildman–Crippen MR) is 91.4 cm³/mol. The van der Waals surface area contributed by atoms with Gasteiger partial charge in [0.05, 0.1) is 24.1 Å². The lowest BCUT2D eigenvalue weighted by Gasteiger charge is -2.09. The van der Waals surface area contributed by atoms with Gasteiger partial charge < -0.3 is 4.74 Å². The Balaban J connectivity index is 1.98. The number of aromatic nitrogens is 4. The van der Waals surface area contributed by atoms with Gasteiger partial charge in [0, 0.05) is 0 Å². The molecule has 2 aromatic carbocycles. The summed E-state index contributed by atoms with van der Waals surface area (Å²) in [7, 11) is 0. The Morgan fingerprint density at radius 3 is 2.64 bits per heavy atom. The molecule has 25 heavy (non-hydrogen) atoms. The number of hydrogen-bond donors (Lipinski definition) is 0. The summed E-state index contributed by atoms with van der Waals surface area (Å²) in [5.41, 5.74) is 1.28. The SMILES string of the molecule is CCOc1nc2n(Cc3ccc(F)cc3)c(=O)c3ccccc3n2n1. The van der Waals surface area contributed by atoms with E-state index in [1.165, 1.54) is 16.7 Å². The molecule has 0 aliphatic heterocycles. The van der Waals surface area contributed by atoms with Crippen molar-refractivity contribution in [1.29, 1.82) is 0 Å². The van der Waals surface area contributed by atoms with Gasteiger partial charge in [0.2, 0.25) is 5.78 Å². The van der Waals surface area contributed by atoms with Gasteiger partial charge in [-0.25, -0.2) is 4.39 Å². The number of para-hydroxylation sites is 1. The molecule has 0 radical (unpaired) electrons. The average Bonchev–Trinajstić information content (AvgIpc) is 3.04. The molecule has 0 bridgehead atoms. The third-order valence-corrected chi connectivity index (χ3v) is 3.95. The maximum absolute atomic E-state index is 13.1. The fraction of sp³-hybridized carbons (Fsp3) is 0.167. The largest absolute Gasteiger partial charge is 0.463 e. The molecule has 0 amide bonds. The molecule has 0 saturated heterocycles. The van der Waals surface area contributed by atoms with Crippen LogP contribution in [-0.4, -0.2) is 25.8 Å². The summed E-state index contributed by atoms with van der Waals surface area (Å²) in [4.78, 5) is 17.3. The molecular formula is C18H15FN4O2. The van der Waals surface area contributed by atoms with Gasteiger partial charge >= 0.3 is 6.01 Å². The van der Waals surface area contributed by atoms with Crippen molar-refractivity contribution < 1.29 is 9.13 Å². The zero-order valence-corrected chi connectivity index (χ0v) is 13.5. The van der Waals surface area contributed by atoms with Crippen LogP contribution in [0, 0.1) is 5.82 Å². The number of rotatable bonds is 4. The van der Waals surface area contributed by atoms with Crippen molar-refractivity contribution in [1.82, 2.24) is 19.2 Å². The van der Waals surface area contributed by atoms with Crippen LogP contribution in [0.2, 0.25) is 0 Å². The summed E-state index contributed by atoms with van der Waals surface area (Å²) in [5, 5.41) is 4.88. The van der Waals surface area contributed by atoms with Crippen molar-refractivity contribution in [3.63, 3.8) is 0 Å². The summed E-state index contributed by atoms with van der Waals surface area (Å²) in [6.45, 7) is 2.53. The minimum atomic E-state index is -0.319. The zero-order chi connectivity index (χ0) is 17.4. The van der Waals surface area contributed by atoms with E-state index in [9.17, 15) is 9.18 Å². The monoisotopic (exact) mass is 338 g/mol. The van der Waals surface area contributed by atoms with E-state index in [-0.39, 0.29) is 23.9 Å². The molecule has 0 aliphatic rings. The van der Waals surface area contributed by atoms with Crippen molar-refractivity contribution in [3.8, 4) is 6.01 Å². The lowest BCUT2D eigenvalue weighted by atomic mass is 10.2.